The Kier molecular flexibility index (Phi) is 6.92. The molecule has 102 valence electrons. The minimum Gasteiger partial charge on any atom is -0.389 e. The van der Waals surface area contributed by atoms with Crippen LogP contribution in [-0.4, -0.2) is 12.2 Å². The maximum Gasteiger partial charge on any atom is 0.0633 e. The van der Waals surface area contributed by atoms with Gasteiger partial charge in [-0.2, -0.15) is 5.92 Å². The van der Waals surface area contributed by atoms with Crippen LogP contribution in [0.3, 0.4) is 0 Å². The fraction of sp³-hybridized carbons (Fsp3) is 0.812. The van der Waals surface area contributed by atoms with Crippen molar-refractivity contribution >= 4 is 0 Å². The molecule has 0 aliphatic carbocycles. The molecule has 1 heteroatoms. The average Bonchev–Trinajstić information content (AvgIpc) is 2.38. The third kappa shape index (κ3) is 4.39. The van der Waals surface area contributed by atoms with Crippen LogP contribution in [0.5, 0.6) is 0 Å². The first-order chi connectivity index (χ1) is 7.91. The first-order valence-corrected chi connectivity index (χ1v) is 7.04. The zero-order valence-corrected chi connectivity index (χ0v) is 12.7. The molecule has 0 aliphatic rings. The van der Waals surface area contributed by atoms with Crippen LogP contribution in [0.4, 0.5) is 0 Å². The monoisotopic (exact) mass is 239 g/mol. The lowest BCUT2D eigenvalue weighted by molar-refractivity contribution is -0.0372. The van der Waals surface area contributed by atoms with Gasteiger partial charge >= 0.3 is 0 Å². The minimum atomic E-state index is 0.0106. The van der Waals surface area contributed by atoms with Crippen molar-refractivity contribution in [1.29, 1.82) is 0 Å². The molecule has 0 N–H and O–H groups in total. The van der Waals surface area contributed by atoms with Gasteiger partial charge in [0.05, 0.1) is 5.60 Å². The Hall–Kier alpha value is -0.430. The number of hydrogen-bond donors (Lipinski definition) is 0. The Balaban J connectivity index is 4.57. The molecule has 0 aromatic rings. The molecule has 0 aromatic carbocycles. The average molecular weight is 239 g/mol. The van der Waals surface area contributed by atoms with E-state index in [0.717, 1.165) is 32.3 Å². The quantitative estimate of drug-likeness (QED) is 0.504. The Morgan fingerprint density at radius 2 is 1.47 bits per heavy atom. The fourth-order valence-corrected chi connectivity index (χ4v) is 1.89. The molecule has 17 heavy (non-hydrogen) atoms. The highest BCUT2D eigenvalue weighted by atomic mass is 16.5. The second-order valence-corrected chi connectivity index (χ2v) is 5.44. The van der Waals surface area contributed by atoms with Crippen LogP contribution in [0.1, 0.15) is 67.2 Å². The van der Waals surface area contributed by atoms with E-state index in [1.165, 1.54) is 5.92 Å². The summed E-state index contributed by atoms with van der Waals surface area (Å²) in [7, 11) is 0. The first-order valence-electron chi connectivity index (χ1n) is 7.04. The van der Waals surface area contributed by atoms with E-state index in [1.54, 1.807) is 0 Å². The molecule has 0 atom stereocenters. The molecule has 0 saturated carbocycles. The Bertz CT molecular complexity index is 212. The molecule has 1 nitrogen and oxygen atoms in total. The van der Waals surface area contributed by atoms with Gasteiger partial charge in [-0.15, -0.1) is 0 Å². The summed E-state index contributed by atoms with van der Waals surface area (Å²) < 4.78 is 6.12. The number of hydrogen-bond acceptors (Lipinski definition) is 1. The van der Waals surface area contributed by atoms with Gasteiger partial charge in [0.15, 0.2) is 0 Å². The molecule has 0 fully saturated rings. The van der Waals surface area contributed by atoms with E-state index in [9.17, 15) is 0 Å². The summed E-state index contributed by atoms with van der Waals surface area (Å²) in [4.78, 5) is 0. The van der Waals surface area contributed by atoms with Crippen molar-refractivity contribution in [2.45, 2.75) is 72.8 Å². The van der Waals surface area contributed by atoms with E-state index < -0.39 is 0 Å². The summed E-state index contributed by atoms with van der Waals surface area (Å²) in [6.45, 7) is 18.1. The molecular weight excluding hydrogens is 208 g/mol. The highest BCUT2D eigenvalue weighted by Gasteiger charge is 2.25. The van der Waals surface area contributed by atoms with Gasteiger partial charge < -0.3 is 4.74 Å². The van der Waals surface area contributed by atoms with Crippen molar-refractivity contribution < 1.29 is 4.74 Å². The summed E-state index contributed by atoms with van der Waals surface area (Å²) in [5.74, 6) is 1.34. The van der Waals surface area contributed by atoms with Crippen molar-refractivity contribution in [3.05, 3.63) is 18.6 Å². The first kappa shape index (κ1) is 16.6. The molecular formula is C16H31O-. The Morgan fingerprint density at radius 3 is 1.76 bits per heavy atom. The second-order valence-electron chi connectivity index (χ2n) is 5.44. The van der Waals surface area contributed by atoms with Crippen molar-refractivity contribution in [2.24, 2.45) is 5.41 Å². The minimum absolute atomic E-state index is 0.0106. The molecule has 0 aliphatic heterocycles. The number of rotatable bonds is 9. The van der Waals surface area contributed by atoms with E-state index >= 15 is 0 Å². The lowest BCUT2D eigenvalue weighted by Gasteiger charge is -2.43. The van der Waals surface area contributed by atoms with E-state index in [1.807, 2.05) is 6.08 Å². The summed E-state index contributed by atoms with van der Waals surface area (Å²) in [5, 5.41) is 0. The van der Waals surface area contributed by atoms with Gasteiger partial charge in [-0.1, -0.05) is 52.9 Å². The van der Waals surface area contributed by atoms with Crippen LogP contribution < -0.4 is 0 Å². The summed E-state index contributed by atoms with van der Waals surface area (Å²) in [5.41, 5.74) is 0.251. The Labute approximate surface area is 109 Å². The number of ether oxygens (including phenoxy) is 1. The zero-order chi connectivity index (χ0) is 13.5. The molecule has 0 spiro atoms. The second kappa shape index (κ2) is 7.10. The predicted molar refractivity (Wildman–Crippen MR) is 77.1 cm³/mol. The molecule has 0 rings (SSSR count). The molecule has 0 saturated heterocycles. The van der Waals surface area contributed by atoms with Crippen molar-refractivity contribution in [3.8, 4) is 0 Å². The van der Waals surface area contributed by atoms with E-state index in [4.69, 9.17) is 4.74 Å². The molecule has 0 heterocycles. The van der Waals surface area contributed by atoms with Gasteiger partial charge in [-0.05, 0) is 19.8 Å². The topological polar surface area (TPSA) is 9.23 Å². The van der Waals surface area contributed by atoms with Gasteiger partial charge in [-0.3, -0.25) is 0 Å². The van der Waals surface area contributed by atoms with Crippen LogP contribution >= 0.6 is 0 Å². The largest absolute Gasteiger partial charge is 0.389 e. The molecule has 0 unspecified atom stereocenters. The summed E-state index contributed by atoms with van der Waals surface area (Å²) in [6.07, 6.45) is 6.40. The molecule has 0 radical (unpaired) electrons. The maximum atomic E-state index is 6.12. The van der Waals surface area contributed by atoms with Gasteiger partial charge in [0.25, 0.3) is 0 Å². The van der Waals surface area contributed by atoms with Crippen LogP contribution in [0.15, 0.2) is 12.7 Å². The van der Waals surface area contributed by atoms with Crippen molar-refractivity contribution in [1.82, 2.24) is 0 Å². The normalized spacial score (nSPS) is 12.6. The SMILES string of the molecule is C=C[C-](COC(C)(CC)CC)C(C)(CC)CC. The molecule has 0 bridgehead atoms. The lowest BCUT2D eigenvalue weighted by atomic mass is 9.73. The van der Waals surface area contributed by atoms with Crippen molar-refractivity contribution in [2.75, 3.05) is 6.61 Å². The summed E-state index contributed by atoms with van der Waals surface area (Å²) >= 11 is 0. The van der Waals surface area contributed by atoms with Gasteiger partial charge in [0, 0.05) is 6.61 Å². The zero-order valence-electron chi connectivity index (χ0n) is 12.7. The molecule has 0 aromatic heterocycles. The van der Waals surface area contributed by atoms with Crippen LogP contribution in [0, 0.1) is 11.3 Å². The summed E-state index contributed by atoms with van der Waals surface area (Å²) in [6, 6.07) is 0. The van der Waals surface area contributed by atoms with E-state index in [-0.39, 0.29) is 11.0 Å². The third-order valence-electron chi connectivity index (χ3n) is 4.65. The van der Waals surface area contributed by atoms with Crippen molar-refractivity contribution in [3.63, 3.8) is 0 Å². The lowest BCUT2D eigenvalue weighted by Crippen LogP contribution is -2.33. The highest BCUT2D eigenvalue weighted by Crippen LogP contribution is 2.38. The molecule has 0 amide bonds. The maximum absolute atomic E-state index is 6.12. The fourth-order valence-electron chi connectivity index (χ4n) is 1.89. The van der Waals surface area contributed by atoms with Crippen LogP contribution in [-0.2, 0) is 4.74 Å². The third-order valence-corrected chi connectivity index (χ3v) is 4.65. The van der Waals surface area contributed by atoms with Gasteiger partial charge in [-0.25, -0.2) is 12.7 Å². The predicted octanol–water partition coefficient (Wildman–Crippen LogP) is 5.17. The van der Waals surface area contributed by atoms with Gasteiger partial charge in [0.2, 0.25) is 0 Å². The van der Waals surface area contributed by atoms with E-state index in [0.29, 0.717) is 0 Å². The standard InChI is InChI=1S/C16H31O/c1-8-14(15(6,9-2)10-3)13-17-16(7,11-4)12-5/h8H,1,9-13H2,2-7H3/q-1. The van der Waals surface area contributed by atoms with Gasteiger partial charge in [0.1, 0.15) is 0 Å². The van der Waals surface area contributed by atoms with E-state index in [2.05, 4.69) is 48.1 Å². The van der Waals surface area contributed by atoms with Crippen LogP contribution in [0.2, 0.25) is 0 Å². The van der Waals surface area contributed by atoms with Crippen LogP contribution in [0.25, 0.3) is 0 Å². The Morgan fingerprint density at radius 1 is 1.00 bits per heavy atom. The highest BCUT2D eigenvalue weighted by molar-refractivity contribution is 5.16. The smallest absolute Gasteiger partial charge is 0.0633 e.